The molecular formula is C23H27ClN2O3. The number of benzene rings is 1. The lowest BCUT2D eigenvalue weighted by Gasteiger charge is -2.31. The minimum Gasteiger partial charge on any atom is -0.339 e. The molecule has 1 aliphatic heterocycles. The molecule has 29 heavy (non-hydrogen) atoms. The molecule has 4 aliphatic rings. The Morgan fingerprint density at radius 2 is 1.62 bits per heavy atom. The van der Waals surface area contributed by atoms with Gasteiger partial charge in [-0.25, -0.2) is 0 Å². The first kappa shape index (κ1) is 19.1. The van der Waals surface area contributed by atoms with Crippen molar-refractivity contribution in [3.05, 3.63) is 28.8 Å². The third-order valence-electron chi connectivity index (χ3n) is 7.81. The highest BCUT2D eigenvalue weighted by Gasteiger charge is 2.61. The van der Waals surface area contributed by atoms with Gasteiger partial charge in [-0.15, -0.1) is 0 Å². The van der Waals surface area contributed by atoms with Crippen molar-refractivity contribution < 1.29 is 14.4 Å². The van der Waals surface area contributed by atoms with Crippen LogP contribution in [0.4, 0.5) is 5.69 Å². The molecule has 0 unspecified atom stereocenters. The van der Waals surface area contributed by atoms with E-state index in [-0.39, 0.29) is 35.6 Å². The van der Waals surface area contributed by atoms with Gasteiger partial charge in [-0.05, 0) is 62.1 Å². The molecule has 5 rings (SSSR count). The van der Waals surface area contributed by atoms with Crippen LogP contribution in [0.25, 0.3) is 0 Å². The fourth-order valence-corrected chi connectivity index (χ4v) is 6.50. The molecule has 1 heterocycles. The molecule has 6 heteroatoms. The van der Waals surface area contributed by atoms with Crippen LogP contribution in [0.15, 0.2) is 18.2 Å². The van der Waals surface area contributed by atoms with Crippen LogP contribution in [0.2, 0.25) is 5.02 Å². The maximum Gasteiger partial charge on any atom is 0.255 e. The number of amides is 3. The largest absolute Gasteiger partial charge is 0.339 e. The second-order valence-corrected chi connectivity index (χ2v) is 9.68. The van der Waals surface area contributed by atoms with E-state index >= 15 is 0 Å². The molecule has 3 saturated carbocycles. The third kappa shape index (κ3) is 2.92. The minimum atomic E-state index is -0.166. The number of hydrogen-bond donors (Lipinski definition) is 0. The van der Waals surface area contributed by atoms with E-state index < -0.39 is 0 Å². The lowest BCUT2D eigenvalue weighted by molar-refractivity contribution is -0.123. The molecule has 3 aliphatic carbocycles. The zero-order chi connectivity index (χ0) is 20.3. The summed E-state index contributed by atoms with van der Waals surface area (Å²) in [6, 6.07) is 5.20. The van der Waals surface area contributed by atoms with Gasteiger partial charge in [0.15, 0.2) is 0 Å². The van der Waals surface area contributed by atoms with E-state index in [1.807, 2.05) is 7.05 Å². The van der Waals surface area contributed by atoms with Gasteiger partial charge in [0.2, 0.25) is 11.8 Å². The van der Waals surface area contributed by atoms with Crippen molar-refractivity contribution in [3.8, 4) is 0 Å². The average Bonchev–Trinajstić information content (AvgIpc) is 3.42. The molecule has 1 aromatic carbocycles. The van der Waals surface area contributed by atoms with Crippen molar-refractivity contribution in [2.75, 3.05) is 11.9 Å². The number of hydrogen-bond acceptors (Lipinski definition) is 3. The van der Waals surface area contributed by atoms with Gasteiger partial charge in [0.25, 0.3) is 5.91 Å². The van der Waals surface area contributed by atoms with E-state index in [1.54, 1.807) is 23.1 Å². The number of rotatable bonds is 3. The van der Waals surface area contributed by atoms with Crippen molar-refractivity contribution in [1.29, 1.82) is 0 Å². The van der Waals surface area contributed by atoms with E-state index in [1.165, 1.54) is 11.3 Å². The highest BCUT2D eigenvalue weighted by atomic mass is 35.5. The highest BCUT2D eigenvalue weighted by Crippen LogP contribution is 2.56. The molecule has 5 nitrogen and oxygen atoms in total. The summed E-state index contributed by atoms with van der Waals surface area (Å²) in [7, 11) is 1.83. The topological polar surface area (TPSA) is 57.7 Å². The van der Waals surface area contributed by atoms with Crippen LogP contribution in [-0.2, 0) is 9.59 Å². The first-order chi connectivity index (χ1) is 14.0. The summed E-state index contributed by atoms with van der Waals surface area (Å²) >= 11 is 6.37. The molecule has 3 amide bonds. The Labute approximate surface area is 176 Å². The van der Waals surface area contributed by atoms with Crippen LogP contribution in [-0.4, -0.2) is 35.7 Å². The van der Waals surface area contributed by atoms with E-state index in [0.717, 1.165) is 44.9 Å². The molecule has 4 fully saturated rings. The van der Waals surface area contributed by atoms with Crippen LogP contribution in [0, 0.1) is 23.7 Å². The number of halogens is 1. The predicted octanol–water partition coefficient (Wildman–Crippen LogP) is 4.28. The number of carbonyl (C=O) groups is 3. The normalized spacial score (nSPS) is 31.4. The molecule has 154 valence electrons. The van der Waals surface area contributed by atoms with Gasteiger partial charge in [-0.3, -0.25) is 19.3 Å². The summed E-state index contributed by atoms with van der Waals surface area (Å²) in [6.07, 6.45) is 8.62. The molecule has 4 atom stereocenters. The minimum absolute atomic E-state index is 0.0893. The highest BCUT2D eigenvalue weighted by molar-refractivity contribution is 6.34. The quantitative estimate of drug-likeness (QED) is 0.693. The standard InChI is InChI=1S/C23H27ClN2O3/c1-25(15-5-3-2-4-6-15)21(27)17-12-16(9-10-18(17)24)26-22(28)19-13-7-8-14(11-13)20(19)23(26)29/h9-10,12-15,19-20H,2-8,11H2,1H3/t13-,14-,19-,20+/m0/s1. The van der Waals surface area contributed by atoms with Crippen LogP contribution in [0.5, 0.6) is 0 Å². The fraction of sp³-hybridized carbons (Fsp3) is 0.609. The Bertz CT molecular complexity index is 851. The average molecular weight is 415 g/mol. The van der Waals surface area contributed by atoms with E-state index in [9.17, 15) is 14.4 Å². The van der Waals surface area contributed by atoms with Crippen molar-refractivity contribution in [2.24, 2.45) is 23.7 Å². The first-order valence-corrected chi connectivity index (χ1v) is 11.3. The predicted molar refractivity (Wildman–Crippen MR) is 111 cm³/mol. The van der Waals surface area contributed by atoms with Gasteiger partial charge in [-0.1, -0.05) is 30.9 Å². The van der Waals surface area contributed by atoms with Gasteiger partial charge in [0.05, 0.1) is 28.1 Å². The monoisotopic (exact) mass is 414 g/mol. The van der Waals surface area contributed by atoms with Crippen LogP contribution < -0.4 is 4.90 Å². The summed E-state index contributed by atoms with van der Waals surface area (Å²) in [5.74, 6) is 0.0433. The maximum absolute atomic E-state index is 13.2. The van der Waals surface area contributed by atoms with E-state index in [0.29, 0.717) is 28.1 Å². The Balaban J connectivity index is 1.43. The van der Waals surface area contributed by atoms with E-state index in [2.05, 4.69) is 0 Å². The molecule has 0 N–H and O–H groups in total. The number of anilines is 1. The molecule has 1 aromatic rings. The molecule has 1 saturated heterocycles. The second-order valence-electron chi connectivity index (χ2n) is 9.27. The number of fused-ring (bicyclic) bond motifs is 5. The number of imide groups is 1. The summed E-state index contributed by atoms with van der Waals surface area (Å²) in [5, 5.41) is 0.362. The Kier molecular flexibility index (Phi) is 4.69. The molecule has 2 bridgehead atoms. The number of nitrogens with zero attached hydrogens (tertiary/aromatic N) is 2. The van der Waals surface area contributed by atoms with Gasteiger partial charge in [0, 0.05) is 13.1 Å². The van der Waals surface area contributed by atoms with Crippen molar-refractivity contribution in [1.82, 2.24) is 4.90 Å². The third-order valence-corrected chi connectivity index (χ3v) is 8.14. The molecule has 0 spiro atoms. The Morgan fingerprint density at radius 3 is 2.24 bits per heavy atom. The van der Waals surface area contributed by atoms with Gasteiger partial charge in [0.1, 0.15) is 0 Å². The van der Waals surface area contributed by atoms with Crippen molar-refractivity contribution in [3.63, 3.8) is 0 Å². The van der Waals surface area contributed by atoms with Gasteiger partial charge >= 0.3 is 0 Å². The summed E-state index contributed by atoms with van der Waals surface area (Å²) in [6.45, 7) is 0. The van der Waals surface area contributed by atoms with E-state index in [4.69, 9.17) is 11.6 Å². The van der Waals surface area contributed by atoms with Crippen LogP contribution >= 0.6 is 11.6 Å². The summed E-state index contributed by atoms with van der Waals surface area (Å²) < 4.78 is 0. The molecule has 0 radical (unpaired) electrons. The zero-order valence-electron chi connectivity index (χ0n) is 16.8. The lowest BCUT2D eigenvalue weighted by Crippen LogP contribution is -2.38. The van der Waals surface area contributed by atoms with Gasteiger partial charge in [-0.2, -0.15) is 0 Å². The Morgan fingerprint density at radius 1 is 1.00 bits per heavy atom. The smallest absolute Gasteiger partial charge is 0.255 e. The van der Waals surface area contributed by atoms with Crippen LogP contribution in [0.3, 0.4) is 0 Å². The first-order valence-electron chi connectivity index (χ1n) is 10.9. The van der Waals surface area contributed by atoms with Crippen molar-refractivity contribution in [2.45, 2.75) is 57.4 Å². The van der Waals surface area contributed by atoms with Gasteiger partial charge < -0.3 is 4.90 Å². The summed E-state index contributed by atoms with van der Waals surface area (Å²) in [5.41, 5.74) is 0.858. The second kappa shape index (κ2) is 7.12. The summed E-state index contributed by atoms with van der Waals surface area (Å²) in [4.78, 5) is 42.5. The number of carbonyl (C=O) groups excluding carboxylic acids is 3. The lowest BCUT2D eigenvalue weighted by atomic mass is 9.81. The maximum atomic E-state index is 13.2. The molecule has 0 aromatic heterocycles. The van der Waals surface area contributed by atoms with Crippen LogP contribution in [0.1, 0.15) is 61.7 Å². The van der Waals surface area contributed by atoms with Crippen molar-refractivity contribution >= 4 is 35.0 Å². The SMILES string of the molecule is CN(C(=O)c1cc(N2C(=O)[C@@H]3[C@H]4CC[C@@H](C4)[C@@H]3C2=O)ccc1Cl)C1CCCCC1. The fourth-order valence-electron chi connectivity index (χ4n) is 6.30. The molecular weight excluding hydrogens is 388 g/mol. The zero-order valence-corrected chi connectivity index (χ0v) is 17.5. The Hall–Kier alpha value is -1.88.